The zero-order chi connectivity index (χ0) is 15.3. The van der Waals surface area contributed by atoms with Gasteiger partial charge < -0.3 is 15.2 Å². The van der Waals surface area contributed by atoms with E-state index >= 15 is 0 Å². The number of anilines is 1. The third-order valence-corrected chi connectivity index (χ3v) is 3.20. The van der Waals surface area contributed by atoms with Crippen LogP contribution in [0.2, 0.25) is 0 Å². The Morgan fingerprint density at radius 3 is 2.10 bits per heavy atom. The van der Waals surface area contributed by atoms with Crippen LogP contribution in [-0.2, 0) is 5.41 Å². The van der Waals surface area contributed by atoms with Crippen molar-refractivity contribution in [1.82, 2.24) is 0 Å². The standard InChI is InChI=1S/C18H23NO2/c1-18(2,3)14-5-4-6-17(13-14)21-12-11-20-16-9-7-15(19)8-10-16/h4-10,13H,11-12,19H2,1-3H3. The summed E-state index contributed by atoms with van der Waals surface area (Å²) in [5.74, 6) is 1.68. The van der Waals surface area contributed by atoms with Crippen LogP contribution in [0.4, 0.5) is 5.69 Å². The molecule has 0 fully saturated rings. The molecular weight excluding hydrogens is 262 g/mol. The first kappa shape index (κ1) is 15.2. The Morgan fingerprint density at radius 1 is 0.857 bits per heavy atom. The van der Waals surface area contributed by atoms with E-state index in [-0.39, 0.29) is 5.41 Å². The van der Waals surface area contributed by atoms with Crippen molar-refractivity contribution in [3.05, 3.63) is 54.1 Å². The Labute approximate surface area is 126 Å². The van der Waals surface area contributed by atoms with E-state index in [0.717, 1.165) is 17.2 Å². The first-order valence-corrected chi connectivity index (χ1v) is 7.17. The molecule has 3 nitrogen and oxygen atoms in total. The van der Waals surface area contributed by atoms with E-state index in [1.165, 1.54) is 5.56 Å². The van der Waals surface area contributed by atoms with E-state index in [2.05, 4.69) is 32.9 Å². The minimum Gasteiger partial charge on any atom is -0.490 e. The lowest BCUT2D eigenvalue weighted by molar-refractivity contribution is 0.217. The lowest BCUT2D eigenvalue weighted by Crippen LogP contribution is -2.12. The van der Waals surface area contributed by atoms with Crippen LogP contribution >= 0.6 is 0 Å². The van der Waals surface area contributed by atoms with Crippen molar-refractivity contribution in [2.75, 3.05) is 18.9 Å². The summed E-state index contributed by atoms with van der Waals surface area (Å²) in [6.45, 7) is 7.59. The Hall–Kier alpha value is -2.16. The van der Waals surface area contributed by atoms with Crippen molar-refractivity contribution >= 4 is 5.69 Å². The van der Waals surface area contributed by atoms with Crippen molar-refractivity contribution in [1.29, 1.82) is 0 Å². The molecule has 21 heavy (non-hydrogen) atoms. The second-order valence-electron chi connectivity index (χ2n) is 6.04. The van der Waals surface area contributed by atoms with E-state index in [9.17, 15) is 0 Å². The molecule has 0 saturated heterocycles. The van der Waals surface area contributed by atoms with Gasteiger partial charge in [0.25, 0.3) is 0 Å². The largest absolute Gasteiger partial charge is 0.490 e. The Balaban J connectivity index is 1.82. The van der Waals surface area contributed by atoms with Crippen molar-refractivity contribution < 1.29 is 9.47 Å². The van der Waals surface area contributed by atoms with E-state index in [1.54, 1.807) is 0 Å². The summed E-state index contributed by atoms with van der Waals surface area (Å²) in [4.78, 5) is 0. The van der Waals surface area contributed by atoms with Crippen molar-refractivity contribution in [2.45, 2.75) is 26.2 Å². The first-order valence-electron chi connectivity index (χ1n) is 7.17. The number of ether oxygens (including phenoxy) is 2. The van der Waals surface area contributed by atoms with E-state index in [4.69, 9.17) is 15.2 Å². The quantitative estimate of drug-likeness (QED) is 0.666. The molecule has 0 saturated carbocycles. The number of nitrogen functional groups attached to an aromatic ring is 1. The van der Waals surface area contributed by atoms with Crippen LogP contribution < -0.4 is 15.2 Å². The van der Waals surface area contributed by atoms with E-state index < -0.39 is 0 Å². The molecule has 2 aromatic carbocycles. The van der Waals surface area contributed by atoms with Gasteiger partial charge in [0.1, 0.15) is 24.7 Å². The summed E-state index contributed by atoms with van der Waals surface area (Å²) in [5.41, 5.74) is 7.75. The second-order valence-corrected chi connectivity index (χ2v) is 6.04. The smallest absolute Gasteiger partial charge is 0.122 e. The topological polar surface area (TPSA) is 44.5 Å². The van der Waals surface area contributed by atoms with E-state index in [0.29, 0.717) is 13.2 Å². The third-order valence-electron chi connectivity index (χ3n) is 3.20. The molecule has 0 aliphatic carbocycles. The highest BCUT2D eigenvalue weighted by Gasteiger charge is 2.13. The normalized spacial score (nSPS) is 11.2. The predicted octanol–water partition coefficient (Wildman–Crippen LogP) is 4.02. The van der Waals surface area contributed by atoms with Crippen molar-refractivity contribution in [3.63, 3.8) is 0 Å². The molecule has 112 valence electrons. The van der Waals surface area contributed by atoms with Gasteiger partial charge in [-0.25, -0.2) is 0 Å². The van der Waals surface area contributed by atoms with Crippen molar-refractivity contribution in [2.24, 2.45) is 0 Å². The molecule has 0 aromatic heterocycles. The number of benzene rings is 2. The Morgan fingerprint density at radius 2 is 1.48 bits per heavy atom. The van der Waals surface area contributed by atoms with Gasteiger partial charge in [-0.05, 0) is 47.4 Å². The maximum absolute atomic E-state index is 5.74. The van der Waals surface area contributed by atoms with Gasteiger partial charge in [-0.1, -0.05) is 32.9 Å². The van der Waals surface area contributed by atoms with Gasteiger partial charge in [-0.2, -0.15) is 0 Å². The summed E-state index contributed by atoms with van der Waals surface area (Å²) in [5, 5.41) is 0. The minimum atomic E-state index is 0.125. The Kier molecular flexibility index (Phi) is 4.73. The molecule has 0 spiro atoms. The molecule has 2 rings (SSSR count). The van der Waals surface area contributed by atoms with Crippen LogP contribution in [0, 0.1) is 0 Å². The zero-order valence-corrected chi connectivity index (χ0v) is 12.9. The summed E-state index contributed by atoms with van der Waals surface area (Å²) < 4.78 is 11.3. The fourth-order valence-corrected chi connectivity index (χ4v) is 1.94. The minimum absolute atomic E-state index is 0.125. The molecule has 2 N–H and O–H groups in total. The van der Waals surface area contributed by atoms with Gasteiger partial charge in [0.2, 0.25) is 0 Å². The molecule has 0 aliphatic heterocycles. The van der Waals surface area contributed by atoms with Gasteiger partial charge in [0, 0.05) is 5.69 Å². The monoisotopic (exact) mass is 285 g/mol. The van der Waals surface area contributed by atoms with Gasteiger partial charge in [-0.15, -0.1) is 0 Å². The highest BCUT2D eigenvalue weighted by molar-refractivity contribution is 5.41. The molecule has 0 atom stereocenters. The summed E-state index contributed by atoms with van der Waals surface area (Å²) >= 11 is 0. The lowest BCUT2D eigenvalue weighted by Gasteiger charge is -2.19. The van der Waals surface area contributed by atoms with Crippen LogP contribution in [0.25, 0.3) is 0 Å². The molecule has 0 unspecified atom stereocenters. The predicted molar refractivity (Wildman–Crippen MR) is 87.0 cm³/mol. The average Bonchev–Trinajstić information content (AvgIpc) is 2.45. The number of nitrogens with two attached hydrogens (primary N) is 1. The van der Waals surface area contributed by atoms with Gasteiger partial charge >= 0.3 is 0 Å². The molecule has 0 amide bonds. The van der Waals surface area contributed by atoms with Crippen molar-refractivity contribution in [3.8, 4) is 11.5 Å². The second kappa shape index (κ2) is 6.53. The van der Waals surface area contributed by atoms with E-state index in [1.807, 2.05) is 36.4 Å². The molecular formula is C18H23NO2. The van der Waals surface area contributed by atoms with Crippen LogP contribution in [0.1, 0.15) is 26.3 Å². The molecule has 2 aromatic rings. The summed E-state index contributed by atoms with van der Waals surface area (Å²) in [6.07, 6.45) is 0. The van der Waals surface area contributed by atoms with Crippen LogP contribution in [0.5, 0.6) is 11.5 Å². The molecule has 0 heterocycles. The number of rotatable bonds is 5. The van der Waals surface area contributed by atoms with Crippen LogP contribution in [-0.4, -0.2) is 13.2 Å². The highest BCUT2D eigenvalue weighted by Crippen LogP contribution is 2.25. The number of hydrogen-bond donors (Lipinski definition) is 1. The average molecular weight is 285 g/mol. The maximum Gasteiger partial charge on any atom is 0.122 e. The van der Waals surface area contributed by atoms with Crippen LogP contribution in [0.3, 0.4) is 0 Å². The molecule has 0 bridgehead atoms. The number of hydrogen-bond acceptors (Lipinski definition) is 3. The molecule has 0 aliphatic rings. The fourth-order valence-electron chi connectivity index (χ4n) is 1.94. The Bertz CT molecular complexity index is 571. The molecule has 3 heteroatoms. The lowest BCUT2D eigenvalue weighted by atomic mass is 9.87. The molecule has 0 radical (unpaired) electrons. The van der Waals surface area contributed by atoms with Crippen LogP contribution in [0.15, 0.2) is 48.5 Å². The fraction of sp³-hybridized carbons (Fsp3) is 0.333. The highest BCUT2D eigenvalue weighted by atomic mass is 16.5. The van der Waals surface area contributed by atoms with Gasteiger partial charge in [-0.3, -0.25) is 0 Å². The summed E-state index contributed by atoms with van der Waals surface area (Å²) in [6, 6.07) is 15.6. The third kappa shape index (κ3) is 4.71. The zero-order valence-electron chi connectivity index (χ0n) is 12.9. The maximum atomic E-state index is 5.74. The SMILES string of the molecule is CC(C)(C)c1cccc(OCCOc2ccc(N)cc2)c1. The first-order chi connectivity index (χ1) is 9.95. The van der Waals surface area contributed by atoms with Gasteiger partial charge in [0.05, 0.1) is 0 Å². The summed E-state index contributed by atoms with van der Waals surface area (Å²) in [7, 11) is 0. The van der Waals surface area contributed by atoms with Gasteiger partial charge in [0.15, 0.2) is 0 Å².